The van der Waals surface area contributed by atoms with Gasteiger partial charge in [0, 0.05) is 5.56 Å². The first-order valence-corrected chi connectivity index (χ1v) is 12.8. The van der Waals surface area contributed by atoms with Crippen molar-refractivity contribution in [2.75, 3.05) is 11.9 Å². The zero-order valence-electron chi connectivity index (χ0n) is 20.6. The van der Waals surface area contributed by atoms with E-state index in [-0.39, 0.29) is 0 Å². The largest absolute Gasteiger partial charge is 0.481 e. The van der Waals surface area contributed by atoms with Gasteiger partial charge in [0.05, 0.1) is 12.0 Å². The fourth-order valence-corrected chi connectivity index (χ4v) is 5.19. The molecule has 7 heteroatoms. The van der Waals surface area contributed by atoms with Crippen LogP contribution in [-0.4, -0.2) is 28.9 Å². The highest BCUT2D eigenvalue weighted by atomic mass is 16.5. The summed E-state index contributed by atoms with van der Waals surface area (Å²) in [5, 5.41) is 16.4. The molecule has 2 aromatic carbocycles. The number of carbonyl (C=O) groups is 2. The van der Waals surface area contributed by atoms with Gasteiger partial charge >= 0.3 is 12.1 Å². The number of rotatable bonds is 8. The quantitative estimate of drug-likeness (QED) is 0.356. The number of carbonyl (C=O) groups excluding carboxylic acids is 1. The summed E-state index contributed by atoms with van der Waals surface area (Å²) < 4.78 is 11.0. The molecule has 0 spiro atoms. The van der Waals surface area contributed by atoms with Crippen molar-refractivity contribution in [3.05, 3.63) is 59.8 Å². The molecule has 1 aromatic heterocycles. The Labute approximate surface area is 210 Å². The minimum Gasteiger partial charge on any atom is -0.481 e. The van der Waals surface area contributed by atoms with Crippen molar-refractivity contribution >= 4 is 17.7 Å². The van der Waals surface area contributed by atoms with Crippen molar-refractivity contribution in [1.29, 1.82) is 0 Å². The van der Waals surface area contributed by atoms with Gasteiger partial charge in [-0.2, -0.15) is 0 Å². The van der Waals surface area contributed by atoms with E-state index in [1.54, 1.807) is 6.92 Å². The molecule has 0 aliphatic heterocycles. The number of hydrogen-bond acceptors (Lipinski definition) is 5. The van der Waals surface area contributed by atoms with Crippen LogP contribution in [0.4, 0.5) is 10.5 Å². The molecule has 0 unspecified atom stereocenters. The Morgan fingerprint density at radius 2 is 1.61 bits per heavy atom. The number of ether oxygens (including phenoxy) is 1. The number of carboxylic acid groups (broad SMARTS) is 1. The van der Waals surface area contributed by atoms with Crippen LogP contribution in [0.25, 0.3) is 22.5 Å². The summed E-state index contributed by atoms with van der Waals surface area (Å²) in [7, 11) is 0. The molecule has 7 nitrogen and oxygen atoms in total. The highest BCUT2D eigenvalue weighted by molar-refractivity contribution is 5.91. The van der Waals surface area contributed by atoms with Gasteiger partial charge in [0.25, 0.3) is 0 Å². The Hall–Kier alpha value is -3.61. The zero-order valence-corrected chi connectivity index (χ0v) is 20.6. The summed E-state index contributed by atoms with van der Waals surface area (Å²) in [5.74, 6) is 0.386. The number of aliphatic carboxylic acids is 1. The predicted molar refractivity (Wildman–Crippen MR) is 137 cm³/mol. The van der Waals surface area contributed by atoms with E-state index < -0.39 is 17.5 Å². The molecule has 2 aliphatic rings. The SMILES string of the molecule is Cc1noc(-c2ccc(-c3ccc(C4(C(=O)O)CC4)cc3)cc2)c1NC(=O)OCCC1CCCCC1. The van der Waals surface area contributed by atoms with Gasteiger partial charge in [-0.1, -0.05) is 85.8 Å². The molecule has 0 radical (unpaired) electrons. The average Bonchev–Trinajstić information content (AvgIpc) is 3.64. The van der Waals surface area contributed by atoms with Crippen LogP contribution >= 0.6 is 0 Å². The summed E-state index contributed by atoms with van der Waals surface area (Å²) in [6.07, 6.45) is 8.10. The lowest BCUT2D eigenvalue weighted by Crippen LogP contribution is -2.19. The van der Waals surface area contributed by atoms with Crippen molar-refractivity contribution in [3.8, 4) is 22.5 Å². The molecular weight excluding hydrogens is 456 g/mol. The van der Waals surface area contributed by atoms with E-state index in [0.29, 0.717) is 42.5 Å². The molecule has 3 aromatic rings. The van der Waals surface area contributed by atoms with E-state index in [0.717, 1.165) is 28.7 Å². The van der Waals surface area contributed by atoms with Gasteiger partial charge in [0.15, 0.2) is 5.76 Å². The number of nitrogens with one attached hydrogen (secondary N) is 1. The van der Waals surface area contributed by atoms with Crippen LogP contribution in [0.1, 0.15) is 62.6 Å². The molecule has 0 saturated heterocycles. The lowest BCUT2D eigenvalue weighted by molar-refractivity contribution is -0.140. The van der Waals surface area contributed by atoms with Crippen molar-refractivity contribution < 1.29 is 24.0 Å². The summed E-state index contributed by atoms with van der Waals surface area (Å²) in [6.45, 7) is 2.20. The molecule has 0 atom stereocenters. The second kappa shape index (κ2) is 10.2. The van der Waals surface area contributed by atoms with Crippen molar-refractivity contribution in [3.63, 3.8) is 0 Å². The van der Waals surface area contributed by atoms with E-state index in [9.17, 15) is 14.7 Å². The van der Waals surface area contributed by atoms with Gasteiger partial charge in [-0.3, -0.25) is 10.1 Å². The first kappa shape index (κ1) is 24.1. The number of aryl methyl sites for hydroxylation is 1. The highest BCUT2D eigenvalue weighted by Crippen LogP contribution is 2.48. The number of nitrogens with zero attached hydrogens (tertiary/aromatic N) is 1. The van der Waals surface area contributed by atoms with Crippen LogP contribution in [0.15, 0.2) is 53.1 Å². The summed E-state index contributed by atoms with van der Waals surface area (Å²) in [4.78, 5) is 24.0. The third kappa shape index (κ3) is 5.01. The lowest BCUT2D eigenvalue weighted by Gasteiger charge is -2.21. The molecule has 188 valence electrons. The van der Waals surface area contributed by atoms with Crippen molar-refractivity contribution in [2.45, 2.75) is 63.7 Å². The Morgan fingerprint density at radius 1 is 1.00 bits per heavy atom. The molecule has 36 heavy (non-hydrogen) atoms. The first-order chi connectivity index (χ1) is 17.5. The highest BCUT2D eigenvalue weighted by Gasteiger charge is 2.51. The number of hydrogen-bond donors (Lipinski definition) is 2. The van der Waals surface area contributed by atoms with Gasteiger partial charge in [-0.15, -0.1) is 0 Å². The van der Waals surface area contributed by atoms with E-state index >= 15 is 0 Å². The minimum atomic E-state index is -0.750. The monoisotopic (exact) mass is 488 g/mol. The van der Waals surface area contributed by atoms with Crippen LogP contribution in [0.5, 0.6) is 0 Å². The molecule has 5 rings (SSSR count). The second-order valence-corrected chi connectivity index (χ2v) is 10.1. The lowest BCUT2D eigenvalue weighted by atomic mass is 9.87. The fourth-order valence-electron chi connectivity index (χ4n) is 5.19. The van der Waals surface area contributed by atoms with Crippen LogP contribution < -0.4 is 5.32 Å². The zero-order chi connectivity index (χ0) is 25.1. The maximum Gasteiger partial charge on any atom is 0.411 e. The van der Waals surface area contributed by atoms with E-state index in [4.69, 9.17) is 9.26 Å². The number of benzene rings is 2. The molecule has 1 amide bonds. The molecule has 0 bridgehead atoms. The van der Waals surface area contributed by atoms with Gasteiger partial charge in [-0.25, -0.2) is 4.79 Å². The Kier molecular flexibility index (Phi) is 6.81. The molecule has 2 saturated carbocycles. The molecule has 2 aliphatic carbocycles. The third-order valence-corrected chi connectivity index (χ3v) is 7.65. The normalized spacial score (nSPS) is 16.9. The average molecular weight is 489 g/mol. The smallest absolute Gasteiger partial charge is 0.411 e. The standard InChI is InChI=1S/C29H32N2O5/c1-19-25(30-28(34)35-18-15-20-5-3-2-4-6-20)26(36-31-19)23-9-7-21(8-10-23)22-11-13-24(14-12-22)29(16-17-29)27(32)33/h7-14,20H,2-6,15-18H2,1H3,(H,30,34)(H,32,33). The third-order valence-electron chi connectivity index (χ3n) is 7.65. The fraction of sp³-hybridized carbons (Fsp3) is 0.414. The molecule has 2 fully saturated rings. The van der Waals surface area contributed by atoms with E-state index in [2.05, 4.69) is 10.5 Å². The number of aromatic nitrogens is 1. The maximum absolute atomic E-state index is 12.4. The molecule has 2 N–H and O–H groups in total. The number of amides is 1. The van der Waals surface area contributed by atoms with Gasteiger partial charge in [0.1, 0.15) is 11.4 Å². The van der Waals surface area contributed by atoms with Crippen LogP contribution in [-0.2, 0) is 14.9 Å². The molecular formula is C29H32N2O5. The first-order valence-electron chi connectivity index (χ1n) is 12.8. The Balaban J connectivity index is 1.23. The van der Waals surface area contributed by atoms with Gasteiger partial charge in [-0.05, 0) is 48.8 Å². The van der Waals surface area contributed by atoms with Gasteiger partial charge < -0.3 is 14.4 Å². The number of carboxylic acids is 1. The number of anilines is 1. The summed E-state index contributed by atoms with van der Waals surface area (Å²) in [5.41, 5.74) is 4.04. The second-order valence-electron chi connectivity index (χ2n) is 10.1. The minimum absolute atomic E-state index is 0.414. The Morgan fingerprint density at radius 3 is 2.22 bits per heavy atom. The van der Waals surface area contributed by atoms with Crippen LogP contribution in [0.2, 0.25) is 0 Å². The predicted octanol–water partition coefficient (Wildman–Crippen LogP) is 6.95. The van der Waals surface area contributed by atoms with E-state index in [1.165, 1.54) is 32.1 Å². The van der Waals surface area contributed by atoms with Crippen molar-refractivity contribution in [2.24, 2.45) is 5.92 Å². The maximum atomic E-state index is 12.4. The van der Waals surface area contributed by atoms with Gasteiger partial charge in [0.2, 0.25) is 0 Å². The van der Waals surface area contributed by atoms with Crippen LogP contribution in [0, 0.1) is 12.8 Å². The van der Waals surface area contributed by atoms with Crippen molar-refractivity contribution in [1.82, 2.24) is 5.16 Å². The summed E-state index contributed by atoms with van der Waals surface area (Å²) >= 11 is 0. The topological polar surface area (TPSA) is 102 Å². The summed E-state index contributed by atoms with van der Waals surface area (Å²) in [6, 6.07) is 15.5. The van der Waals surface area contributed by atoms with Crippen LogP contribution in [0.3, 0.4) is 0 Å². The Bertz CT molecular complexity index is 1220. The van der Waals surface area contributed by atoms with E-state index in [1.807, 2.05) is 48.5 Å². The molecule has 1 heterocycles.